The van der Waals surface area contributed by atoms with Gasteiger partial charge in [-0.1, -0.05) is 32.4 Å². The topological polar surface area (TPSA) is 403 Å². The first-order chi connectivity index (χ1) is 29.6. The van der Waals surface area contributed by atoms with E-state index in [4.69, 9.17) is 17.2 Å². The third-order valence-electron chi connectivity index (χ3n) is 9.56. The first-order valence-corrected chi connectivity index (χ1v) is 19.8. The number of hydrogen-bond donors (Lipinski definition) is 12. The highest BCUT2D eigenvalue weighted by molar-refractivity contribution is 5.99. The quantitative estimate of drug-likeness (QED) is 0.0736. The molecule has 0 aromatic heterocycles. The second-order valence-electron chi connectivity index (χ2n) is 14.8. The van der Waals surface area contributed by atoms with Gasteiger partial charge in [0.2, 0.25) is 70.9 Å². The zero-order valence-corrected chi connectivity index (χ0v) is 35.1. The Balaban J connectivity index is 2.55. The second-order valence-corrected chi connectivity index (χ2v) is 14.8. The van der Waals surface area contributed by atoms with Crippen molar-refractivity contribution in [3.05, 3.63) is 29.8 Å². The molecule has 12 amide bonds. The van der Waals surface area contributed by atoms with Crippen molar-refractivity contribution in [1.82, 2.24) is 47.4 Å². The number of nitrogens with two attached hydrogens (primary N) is 3. The molecule has 0 radical (unpaired) electrons. The number of nitrogens with zero attached hydrogens (tertiary/aromatic N) is 1. The molecule has 0 spiro atoms. The van der Waals surface area contributed by atoms with E-state index in [0.717, 1.165) is 11.9 Å². The van der Waals surface area contributed by atoms with Gasteiger partial charge in [-0.05, 0) is 36.5 Å². The lowest BCUT2D eigenvalue weighted by atomic mass is 9.96. The molecule has 25 nitrogen and oxygen atoms in total. The summed E-state index contributed by atoms with van der Waals surface area (Å²) >= 11 is 0. The zero-order valence-electron chi connectivity index (χ0n) is 35.1. The van der Waals surface area contributed by atoms with Gasteiger partial charge >= 0.3 is 0 Å². The molecule has 2 rings (SSSR count). The van der Waals surface area contributed by atoms with E-state index < -0.39 is 165 Å². The Labute approximate surface area is 361 Å². The predicted octanol–water partition coefficient (Wildman–Crippen LogP) is -6.37. The summed E-state index contributed by atoms with van der Waals surface area (Å²) in [6, 6.07) is -2.10. The largest absolute Gasteiger partial charge is 0.508 e. The van der Waals surface area contributed by atoms with E-state index in [9.17, 15) is 62.6 Å². The van der Waals surface area contributed by atoms with Crippen LogP contribution in [0.4, 0.5) is 0 Å². The summed E-state index contributed by atoms with van der Waals surface area (Å²) in [7, 11) is 1.15. The zero-order chi connectivity index (χ0) is 47.4. The van der Waals surface area contributed by atoms with Crippen LogP contribution in [0.1, 0.15) is 57.9 Å². The highest BCUT2D eigenvalue weighted by atomic mass is 16.3. The Morgan fingerprint density at radius 2 is 1.35 bits per heavy atom. The average Bonchev–Trinajstić information content (AvgIpc) is 3.22. The van der Waals surface area contributed by atoms with E-state index in [-0.39, 0.29) is 12.2 Å². The van der Waals surface area contributed by atoms with Crippen LogP contribution >= 0.6 is 0 Å². The molecule has 346 valence electrons. The molecule has 1 aliphatic rings. The van der Waals surface area contributed by atoms with Crippen LogP contribution < -0.4 is 59.7 Å². The Kier molecular flexibility index (Phi) is 20.9. The highest BCUT2D eigenvalue weighted by Gasteiger charge is 2.36. The van der Waals surface area contributed by atoms with Crippen LogP contribution in [-0.4, -0.2) is 144 Å². The van der Waals surface area contributed by atoms with Gasteiger partial charge in [0, 0.05) is 26.3 Å². The average molecular weight is 889 g/mol. The number of rotatable bonds is 16. The van der Waals surface area contributed by atoms with E-state index in [2.05, 4.69) is 42.5 Å². The molecule has 1 aliphatic heterocycles. The van der Waals surface area contributed by atoms with Crippen molar-refractivity contribution in [2.45, 2.75) is 89.0 Å². The minimum Gasteiger partial charge on any atom is -0.508 e. The smallest absolute Gasteiger partial charge is 0.245 e. The van der Waals surface area contributed by atoms with Crippen molar-refractivity contribution >= 4 is 70.9 Å². The number of hydrogen-bond acceptors (Lipinski definition) is 13. The number of carbonyl (C=O) groups excluding carboxylic acids is 12. The fourth-order valence-corrected chi connectivity index (χ4v) is 5.89. The predicted molar refractivity (Wildman–Crippen MR) is 218 cm³/mol. The molecule has 0 aliphatic carbocycles. The van der Waals surface area contributed by atoms with Crippen molar-refractivity contribution in [2.75, 3.05) is 33.2 Å². The molecule has 25 heteroatoms. The number of primary amides is 3. The van der Waals surface area contributed by atoms with Crippen LogP contribution in [0.2, 0.25) is 0 Å². The first kappa shape index (κ1) is 51.8. The standard InChI is InChI=1S/C38H56N12O13/c1-4-19(2)33-37(62)46-22(9-11-26(39)52)34(59)48-25(14-27(40)53)35(60)47-23(38(63)50(3)18-32(58)44-16-30(56)42-15-28(41)54)10-12-29(55)43-17-31(57)45-24(36(61)49-33)13-20-5-7-21(51)8-6-20/h5-8,19,22-25,33,51H,4,9-18H2,1-3H3,(H2,39,52)(H2,40,53)(H2,41,54)(H,42,56)(H,43,55)(H,44,58)(H,45,57)(H,46,62)(H,47,60)(H,48,59)(H,49,61). The number of phenols is 1. The molecule has 1 fully saturated rings. The minimum atomic E-state index is -1.82. The van der Waals surface area contributed by atoms with E-state index in [1.54, 1.807) is 13.8 Å². The van der Waals surface area contributed by atoms with Gasteiger partial charge in [0.25, 0.3) is 0 Å². The van der Waals surface area contributed by atoms with Gasteiger partial charge in [-0.2, -0.15) is 0 Å². The molecular weight excluding hydrogens is 832 g/mol. The third-order valence-corrected chi connectivity index (χ3v) is 9.56. The molecule has 1 heterocycles. The lowest BCUT2D eigenvalue weighted by Gasteiger charge is -2.29. The molecule has 1 saturated heterocycles. The van der Waals surface area contributed by atoms with Gasteiger partial charge in [0.05, 0.1) is 32.6 Å². The fraction of sp³-hybridized carbons (Fsp3) is 0.526. The van der Waals surface area contributed by atoms with Crippen LogP contribution in [0.15, 0.2) is 24.3 Å². The molecule has 6 atom stereocenters. The summed E-state index contributed by atoms with van der Waals surface area (Å²) in [4.78, 5) is 155. The van der Waals surface area contributed by atoms with Gasteiger partial charge in [-0.3, -0.25) is 57.5 Å². The van der Waals surface area contributed by atoms with Crippen LogP contribution in [0.25, 0.3) is 0 Å². The van der Waals surface area contributed by atoms with E-state index >= 15 is 0 Å². The Hall–Kier alpha value is -7.34. The van der Waals surface area contributed by atoms with Crippen molar-refractivity contribution in [2.24, 2.45) is 23.1 Å². The Bertz CT molecular complexity index is 1890. The maximum atomic E-state index is 13.9. The van der Waals surface area contributed by atoms with E-state index in [1.165, 1.54) is 24.3 Å². The summed E-state index contributed by atoms with van der Waals surface area (Å²) in [6.07, 6.45) is -2.59. The van der Waals surface area contributed by atoms with Gasteiger partial charge in [-0.15, -0.1) is 0 Å². The van der Waals surface area contributed by atoms with Crippen molar-refractivity contribution < 1.29 is 62.6 Å². The lowest BCUT2D eigenvalue weighted by Crippen LogP contribution is -2.61. The molecule has 6 unspecified atom stereocenters. The molecule has 1 aromatic carbocycles. The van der Waals surface area contributed by atoms with Crippen LogP contribution in [0.5, 0.6) is 5.75 Å². The monoisotopic (exact) mass is 888 g/mol. The van der Waals surface area contributed by atoms with Gasteiger partial charge in [0.15, 0.2) is 0 Å². The van der Waals surface area contributed by atoms with E-state index in [1.807, 2.05) is 0 Å². The molecular formula is C38H56N12O13. The minimum absolute atomic E-state index is 0.0724. The molecule has 0 bridgehead atoms. The normalized spacial score (nSPS) is 21.0. The number of likely N-dealkylation sites (N-methyl/N-ethyl adjacent to an activating group) is 1. The third kappa shape index (κ3) is 18.9. The second kappa shape index (κ2) is 25.4. The summed E-state index contributed by atoms with van der Waals surface area (Å²) in [5.41, 5.74) is 16.2. The van der Waals surface area contributed by atoms with Crippen molar-refractivity contribution in [1.29, 1.82) is 0 Å². The van der Waals surface area contributed by atoms with Crippen LogP contribution in [0, 0.1) is 5.92 Å². The van der Waals surface area contributed by atoms with Crippen molar-refractivity contribution in [3.63, 3.8) is 0 Å². The van der Waals surface area contributed by atoms with Gasteiger partial charge in [0.1, 0.15) is 36.0 Å². The fourth-order valence-electron chi connectivity index (χ4n) is 5.89. The SMILES string of the molecule is CCC(C)C1NC(=O)C(Cc2ccc(O)cc2)NC(=O)CNC(=O)CCC(C(=O)N(C)CC(=O)NCC(=O)NCC(N)=O)NC(=O)C(CC(N)=O)NC(=O)C(CCC(N)=O)NC1=O. The first-order valence-electron chi connectivity index (χ1n) is 19.8. The maximum absolute atomic E-state index is 13.9. The molecule has 1 aromatic rings. The number of nitrogens with one attached hydrogen (secondary N) is 8. The summed E-state index contributed by atoms with van der Waals surface area (Å²) in [6.45, 7) is 0.861. The lowest BCUT2D eigenvalue weighted by molar-refractivity contribution is -0.140. The van der Waals surface area contributed by atoms with Gasteiger partial charge < -0.3 is 69.7 Å². The number of aromatic hydroxyl groups is 1. The Morgan fingerprint density at radius 3 is 1.95 bits per heavy atom. The van der Waals surface area contributed by atoms with Crippen LogP contribution in [0.3, 0.4) is 0 Å². The summed E-state index contributed by atoms with van der Waals surface area (Å²) in [5.74, 6) is -11.8. The number of phenolic OH excluding ortho intramolecular Hbond substituents is 1. The summed E-state index contributed by atoms with van der Waals surface area (Å²) < 4.78 is 0. The maximum Gasteiger partial charge on any atom is 0.245 e. The molecule has 63 heavy (non-hydrogen) atoms. The van der Waals surface area contributed by atoms with E-state index in [0.29, 0.717) is 12.0 Å². The Morgan fingerprint density at radius 1 is 0.746 bits per heavy atom. The summed E-state index contributed by atoms with van der Waals surface area (Å²) in [5, 5.41) is 28.7. The number of benzene rings is 1. The molecule has 15 N–H and O–H groups in total. The van der Waals surface area contributed by atoms with Gasteiger partial charge in [-0.25, -0.2) is 0 Å². The number of amides is 12. The molecule has 0 saturated carbocycles. The van der Waals surface area contributed by atoms with Crippen LogP contribution in [-0.2, 0) is 64.0 Å². The van der Waals surface area contributed by atoms with Crippen molar-refractivity contribution in [3.8, 4) is 5.75 Å². The number of carbonyl (C=O) groups is 12. The highest BCUT2D eigenvalue weighted by Crippen LogP contribution is 2.14.